The number of rotatable bonds is 7. The third-order valence-corrected chi connectivity index (χ3v) is 7.67. The summed E-state index contributed by atoms with van der Waals surface area (Å²) < 4.78 is 27.0. The highest BCUT2D eigenvalue weighted by atomic mass is 32.2. The van der Waals surface area contributed by atoms with Gasteiger partial charge in [-0.05, 0) is 55.3 Å². The Bertz CT molecular complexity index is 1240. The second kappa shape index (κ2) is 10.6. The number of carbonyl (C=O) groups is 2. The zero-order valence-corrected chi connectivity index (χ0v) is 19.4. The van der Waals surface area contributed by atoms with Gasteiger partial charge >= 0.3 is 0 Å². The highest BCUT2D eigenvalue weighted by Crippen LogP contribution is 2.25. The molecule has 3 aromatic rings. The van der Waals surface area contributed by atoms with Gasteiger partial charge in [-0.25, -0.2) is 8.42 Å². The van der Waals surface area contributed by atoms with Crippen LogP contribution in [0.4, 0.5) is 5.69 Å². The molecule has 8 nitrogen and oxygen atoms in total. The maximum atomic E-state index is 12.8. The maximum absolute atomic E-state index is 12.8. The van der Waals surface area contributed by atoms with Crippen molar-refractivity contribution in [1.29, 1.82) is 0 Å². The minimum atomic E-state index is -3.56. The molecule has 4 rings (SSSR count). The van der Waals surface area contributed by atoms with Crippen LogP contribution in [0.2, 0.25) is 0 Å². The predicted molar refractivity (Wildman–Crippen MR) is 128 cm³/mol. The number of benzene rings is 2. The van der Waals surface area contributed by atoms with Gasteiger partial charge in [0.15, 0.2) is 0 Å². The standard InChI is InChI=1S/C25H26N4O4S/c30-24(27-18-22-8-4-5-14-26-22)20-7-6-9-21(17-20)28-25(31)19-12-15-29(16-13-19)34(32,33)23-10-2-1-3-11-23/h1-11,14,17,19H,12-13,15-16,18H2,(H,27,30)(H,28,31). The molecule has 0 saturated carbocycles. The first-order chi connectivity index (χ1) is 16.4. The van der Waals surface area contributed by atoms with E-state index < -0.39 is 10.0 Å². The Morgan fingerprint density at radius 2 is 1.68 bits per heavy atom. The Labute approximate surface area is 199 Å². The van der Waals surface area contributed by atoms with Gasteiger partial charge in [0.1, 0.15) is 0 Å². The summed E-state index contributed by atoms with van der Waals surface area (Å²) in [5, 5.41) is 5.68. The zero-order valence-electron chi connectivity index (χ0n) is 18.6. The predicted octanol–water partition coefficient (Wildman–Crippen LogP) is 3.05. The summed E-state index contributed by atoms with van der Waals surface area (Å²) >= 11 is 0. The van der Waals surface area contributed by atoms with Gasteiger partial charge in [-0.2, -0.15) is 4.31 Å². The Morgan fingerprint density at radius 1 is 0.941 bits per heavy atom. The van der Waals surface area contributed by atoms with E-state index in [1.165, 1.54) is 4.31 Å². The molecule has 1 aromatic heterocycles. The average Bonchev–Trinajstić information content (AvgIpc) is 2.88. The van der Waals surface area contributed by atoms with Gasteiger partial charge in [-0.1, -0.05) is 30.3 Å². The summed E-state index contributed by atoms with van der Waals surface area (Å²) in [5.41, 5.74) is 1.70. The van der Waals surface area contributed by atoms with Crippen LogP contribution in [0.25, 0.3) is 0 Å². The summed E-state index contributed by atoms with van der Waals surface area (Å²) in [6.45, 7) is 0.872. The number of aromatic nitrogens is 1. The molecule has 0 unspecified atom stereocenters. The van der Waals surface area contributed by atoms with Crippen LogP contribution in [0.5, 0.6) is 0 Å². The van der Waals surface area contributed by atoms with Crippen molar-refractivity contribution in [2.75, 3.05) is 18.4 Å². The molecule has 2 aromatic carbocycles. The smallest absolute Gasteiger partial charge is 0.251 e. The van der Waals surface area contributed by atoms with Crippen molar-refractivity contribution < 1.29 is 18.0 Å². The van der Waals surface area contributed by atoms with Crippen molar-refractivity contribution in [3.8, 4) is 0 Å². The molecule has 0 radical (unpaired) electrons. The quantitative estimate of drug-likeness (QED) is 0.543. The third kappa shape index (κ3) is 5.67. The van der Waals surface area contributed by atoms with E-state index in [0.717, 1.165) is 5.69 Å². The van der Waals surface area contributed by atoms with E-state index in [-0.39, 0.29) is 35.7 Å². The fraction of sp³-hybridized carbons (Fsp3) is 0.240. The number of piperidine rings is 1. The Kier molecular flexibility index (Phi) is 7.34. The highest BCUT2D eigenvalue weighted by Gasteiger charge is 2.32. The number of nitrogens with zero attached hydrogens (tertiary/aromatic N) is 2. The SMILES string of the molecule is O=C(NCc1ccccn1)c1cccc(NC(=O)C2CCN(S(=O)(=O)c3ccccc3)CC2)c1. The molecule has 1 aliphatic rings. The van der Waals surface area contributed by atoms with E-state index in [2.05, 4.69) is 15.6 Å². The van der Waals surface area contributed by atoms with Crippen LogP contribution in [0, 0.1) is 5.92 Å². The van der Waals surface area contributed by atoms with Crippen LogP contribution in [0.3, 0.4) is 0 Å². The minimum Gasteiger partial charge on any atom is -0.346 e. The molecule has 0 bridgehead atoms. The van der Waals surface area contributed by atoms with Crippen molar-refractivity contribution in [2.45, 2.75) is 24.3 Å². The number of sulfonamides is 1. The Hall–Kier alpha value is -3.56. The summed E-state index contributed by atoms with van der Waals surface area (Å²) in [4.78, 5) is 29.7. The monoisotopic (exact) mass is 478 g/mol. The topological polar surface area (TPSA) is 108 Å². The summed E-state index contributed by atoms with van der Waals surface area (Å²) in [6, 6.07) is 20.5. The third-order valence-electron chi connectivity index (χ3n) is 5.75. The maximum Gasteiger partial charge on any atom is 0.251 e. The van der Waals surface area contributed by atoms with E-state index in [0.29, 0.717) is 30.6 Å². The zero-order chi connectivity index (χ0) is 24.0. The molecular weight excluding hydrogens is 452 g/mol. The van der Waals surface area contributed by atoms with Crippen molar-refractivity contribution in [3.05, 3.63) is 90.3 Å². The van der Waals surface area contributed by atoms with E-state index in [4.69, 9.17) is 0 Å². The van der Waals surface area contributed by atoms with Crippen LogP contribution >= 0.6 is 0 Å². The molecule has 34 heavy (non-hydrogen) atoms. The lowest BCUT2D eigenvalue weighted by Gasteiger charge is -2.30. The first kappa shape index (κ1) is 23.6. The van der Waals surface area contributed by atoms with Crippen LogP contribution in [-0.2, 0) is 21.4 Å². The lowest BCUT2D eigenvalue weighted by atomic mass is 9.97. The molecule has 9 heteroatoms. The van der Waals surface area contributed by atoms with Crippen LogP contribution < -0.4 is 10.6 Å². The highest BCUT2D eigenvalue weighted by molar-refractivity contribution is 7.89. The van der Waals surface area contributed by atoms with Crippen molar-refractivity contribution in [2.24, 2.45) is 5.92 Å². The minimum absolute atomic E-state index is 0.178. The van der Waals surface area contributed by atoms with Crippen molar-refractivity contribution >= 4 is 27.5 Å². The lowest BCUT2D eigenvalue weighted by molar-refractivity contribution is -0.120. The van der Waals surface area contributed by atoms with Gasteiger partial charge in [-0.15, -0.1) is 0 Å². The number of pyridine rings is 1. The van der Waals surface area contributed by atoms with E-state index >= 15 is 0 Å². The molecule has 1 saturated heterocycles. The molecular formula is C25H26N4O4S. The first-order valence-corrected chi connectivity index (χ1v) is 12.5. The number of nitrogens with one attached hydrogen (secondary N) is 2. The van der Waals surface area contributed by atoms with Gasteiger partial charge < -0.3 is 10.6 Å². The Morgan fingerprint density at radius 3 is 2.38 bits per heavy atom. The van der Waals surface area contributed by atoms with Crippen molar-refractivity contribution in [3.63, 3.8) is 0 Å². The largest absolute Gasteiger partial charge is 0.346 e. The van der Waals surface area contributed by atoms with Crippen LogP contribution in [0.1, 0.15) is 28.9 Å². The molecule has 0 spiro atoms. The van der Waals surface area contributed by atoms with Gasteiger partial charge in [0.25, 0.3) is 5.91 Å². The summed E-state index contributed by atoms with van der Waals surface area (Å²) in [6.07, 6.45) is 2.53. The molecule has 2 heterocycles. The second-order valence-electron chi connectivity index (χ2n) is 8.07. The second-order valence-corrected chi connectivity index (χ2v) is 10.0. The molecule has 2 N–H and O–H groups in total. The molecule has 2 amide bonds. The van der Waals surface area contributed by atoms with Gasteiger partial charge in [0, 0.05) is 36.5 Å². The van der Waals surface area contributed by atoms with Gasteiger partial charge in [0.2, 0.25) is 15.9 Å². The fourth-order valence-electron chi connectivity index (χ4n) is 3.86. The number of hydrogen-bond acceptors (Lipinski definition) is 5. The summed E-state index contributed by atoms with van der Waals surface area (Å²) in [5.74, 6) is -0.743. The normalized spacial score (nSPS) is 14.9. The van der Waals surface area contributed by atoms with Crippen molar-refractivity contribution in [1.82, 2.24) is 14.6 Å². The lowest BCUT2D eigenvalue weighted by Crippen LogP contribution is -2.41. The van der Waals surface area contributed by atoms with E-state index in [9.17, 15) is 18.0 Å². The van der Waals surface area contributed by atoms with Crippen LogP contribution in [-0.4, -0.2) is 42.6 Å². The fourth-order valence-corrected chi connectivity index (χ4v) is 5.35. The molecule has 0 aliphatic carbocycles. The van der Waals surface area contributed by atoms with Gasteiger partial charge in [0.05, 0.1) is 17.1 Å². The number of anilines is 1. The number of hydrogen-bond donors (Lipinski definition) is 2. The number of amides is 2. The number of carbonyl (C=O) groups excluding carboxylic acids is 2. The Balaban J connectivity index is 1.32. The first-order valence-electron chi connectivity index (χ1n) is 11.1. The van der Waals surface area contributed by atoms with Gasteiger partial charge in [-0.3, -0.25) is 14.6 Å². The molecule has 0 atom stereocenters. The van der Waals surface area contributed by atoms with Crippen LogP contribution in [0.15, 0.2) is 83.9 Å². The summed E-state index contributed by atoms with van der Waals surface area (Å²) in [7, 11) is -3.56. The van der Waals surface area contributed by atoms with E-state index in [1.807, 2.05) is 18.2 Å². The van der Waals surface area contributed by atoms with E-state index in [1.54, 1.807) is 60.8 Å². The molecule has 1 aliphatic heterocycles. The molecule has 1 fully saturated rings. The average molecular weight is 479 g/mol. The molecule has 176 valence electrons.